The van der Waals surface area contributed by atoms with Crippen LogP contribution in [0.25, 0.3) is 0 Å². The van der Waals surface area contributed by atoms with E-state index in [1.807, 2.05) is 78.9 Å². The highest BCUT2D eigenvalue weighted by atomic mass is 79.9. The van der Waals surface area contributed by atoms with E-state index in [0.29, 0.717) is 18.5 Å². The Hall–Kier alpha value is -3.17. The van der Waals surface area contributed by atoms with Crippen LogP contribution in [0.2, 0.25) is 0 Å². The van der Waals surface area contributed by atoms with Crippen LogP contribution in [0.4, 0.5) is 5.69 Å². The minimum absolute atomic E-state index is 0.106. The molecule has 9 heteroatoms. The lowest BCUT2D eigenvalue weighted by Crippen LogP contribution is -2.52. The summed E-state index contributed by atoms with van der Waals surface area (Å²) in [7, 11) is -3.56. The normalized spacial score (nSPS) is 14.5. The van der Waals surface area contributed by atoms with Crippen LogP contribution in [0.1, 0.15) is 68.6 Å². The van der Waals surface area contributed by atoms with E-state index in [0.717, 1.165) is 53.3 Å². The second kappa shape index (κ2) is 16.2. The van der Waals surface area contributed by atoms with Gasteiger partial charge in [-0.1, -0.05) is 96.7 Å². The quantitative estimate of drug-likeness (QED) is 0.207. The van der Waals surface area contributed by atoms with Crippen molar-refractivity contribution in [3.05, 3.63) is 100 Å². The monoisotopic (exact) mass is 681 g/mol. The van der Waals surface area contributed by atoms with Crippen LogP contribution in [-0.2, 0) is 39.0 Å². The van der Waals surface area contributed by atoms with Gasteiger partial charge in [0, 0.05) is 36.4 Å². The number of amides is 2. The van der Waals surface area contributed by atoms with Gasteiger partial charge in [-0.3, -0.25) is 13.9 Å². The molecule has 0 aromatic heterocycles. The van der Waals surface area contributed by atoms with Crippen molar-refractivity contribution in [1.82, 2.24) is 10.2 Å². The second-order valence-corrected chi connectivity index (χ2v) is 14.5. The average Bonchev–Trinajstić information content (AvgIpc) is 3.01. The van der Waals surface area contributed by atoms with E-state index in [9.17, 15) is 18.0 Å². The first-order chi connectivity index (χ1) is 21.1. The number of nitrogens with one attached hydrogen (secondary N) is 1. The van der Waals surface area contributed by atoms with Gasteiger partial charge in [-0.2, -0.15) is 0 Å². The lowest BCUT2D eigenvalue weighted by Gasteiger charge is -2.34. The fourth-order valence-corrected chi connectivity index (χ4v) is 7.24. The summed E-state index contributed by atoms with van der Waals surface area (Å²) in [5, 5.41) is 3.27. The molecule has 0 heterocycles. The number of carbonyl (C=O) groups is 2. The fourth-order valence-electron chi connectivity index (χ4n) is 5.83. The highest BCUT2D eigenvalue weighted by molar-refractivity contribution is 9.10. The largest absolute Gasteiger partial charge is 0.352 e. The molecule has 4 rings (SSSR count). The molecular weight excluding hydrogens is 638 g/mol. The molecule has 1 aliphatic rings. The Labute approximate surface area is 271 Å². The van der Waals surface area contributed by atoms with Crippen molar-refractivity contribution in [2.24, 2.45) is 0 Å². The van der Waals surface area contributed by atoms with Crippen LogP contribution in [0.5, 0.6) is 0 Å². The number of rotatable bonds is 14. The van der Waals surface area contributed by atoms with Crippen LogP contribution >= 0.6 is 15.9 Å². The number of hydrogen-bond donors (Lipinski definition) is 1. The molecule has 3 aromatic carbocycles. The van der Waals surface area contributed by atoms with Crippen LogP contribution in [0.3, 0.4) is 0 Å². The first-order valence-corrected chi connectivity index (χ1v) is 18.2. The van der Waals surface area contributed by atoms with Gasteiger partial charge in [0.1, 0.15) is 6.04 Å². The molecule has 0 unspecified atom stereocenters. The first kappa shape index (κ1) is 33.7. The van der Waals surface area contributed by atoms with Gasteiger partial charge < -0.3 is 10.2 Å². The molecule has 7 nitrogen and oxygen atoms in total. The van der Waals surface area contributed by atoms with Crippen molar-refractivity contribution in [3.63, 3.8) is 0 Å². The van der Waals surface area contributed by atoms with Gasteiger partial charge in [0.25, 0.3) is 0 Å². The zero-order chi connectivity index (χ0) is 31.5. The van der Waals surface area contributed by atoms with Crippen LogP contribution in [0.15, 0.2) is 83.3 Å². The maximum atomic E-state index is 14.1. The first-order valence-electron chi connectivity index (χ1n) is 15.6. The van der Waals surface area contributed by atoms with Crippen molar-refractivity contribution in [3.8, 4) is 0 Å². The molecular formula is C35H44BrN3O4S. The van der Waals surface area contributed by atoms with Gasteiger partial charge in [-0.15, -0.1) is 0 Å². The van der Waals surface area contributed by atoms with Crippen LogP contribution in [0, 0.1) is 0 Å². The van der Waals surface area contributed by atoms with Gasteiger partial charge in [-0.05, 0) is 66.6 Å². The number of anilines is 1. The molecule has 1 N–H and O–H groups in total. The molecule has 0 radical (unpaired) electrons. The zero-order valence-electron chi connectivity index (χ0n) is 25.8. The Bertz CT molecular complexity index is 1480. The fraction of sp³-hybridized carbons (Fsp3) is 0.429. The molecule has 1 atom stereocenters. The summed E-state index contributed by atoms with van der Waals surface area (Å²) in [5.74, 6) is -0.322. The molecule has 1 saturated carbocycles. The topological polar surface area (TPSA) is 86.8 Å². The lowest BCUT2D eigenvalue weighted by atomic mass is 9.94. The van der Waals surface area contributed by atoms with Crippen molar-refractivity contribution in [2.75, 3.05) is 17.1 Å². The number of hydrogen-bond acceptors (Lipinski definition) is 4. The predicted octanol–water partition coefficient (Wildman–Crippen LogP) is 6.65. The Morgan fingerprint density at radius 1 is 0.909 bits per heavy atom. The van der Waals surface area contributed by atoms with E-state index in [1.165, 1.54) is 17.0 Å². The maximum Gasteiger partial charge on any atom is 0.243 e. The minimum atomic E-state index is -3.56. The summed E-state index contributed by atoms with van der Waals surface area (Å²) in [6.07, 6.45) is 8.12. The summed E-state index contributed by atoms with van der Waals surface area (Å²) in [4.78, 5) is 29.7. The summed E-state index contributed by atoms with van der Waals surface area (Å²) < 4.78 is 27.7. The third kappa shape index (κ3) is 9.92. The smallest absolute Gasteiger partial charge is 0.243 e. The lowest BCUT2D eigenvalue weighted by molar-refractivity contribution is -0.141. The summed E-state index contributed by atoms with van der Waals surface area (Å²) in [6, 6.07) is 24.4. The third-order valence-corrected chi connectivity index (χ3v) is 9.94. The Kier molecular flexibility index (Phi) is 12.4. The van der Waals surface area contributed by atoms with Gasteiger partial charge in [0.2, 0.25) is 21.8 Å². The van der Waals surface area contributed by atoms with Gasteiger partial charge in [-0.25, -0.2) is 8.42 Å². The molecule has 0 spiro atoms. The highest BCUT2D eigenvalue weighted by Gasteiger charge is 2.32. The summed E-state index contributed by atoms with van der Waals surface area (Å²) in [5.41, 5.74) is 3.58. The van der Waals surface area contributed by atoms with Crippen molar-refractivity contribution in [1.29, 1.82) is 0 Å². The maximum absolute atomic E-state index is 14.1. The molecule has 236 valence electrons. The number of sulfonamides is 1. The third-order valence-electron chi connectivity index (χ3n) is 8.25. The SMILES string of the molecule is CCc1ccc(N(CCCC(=O)N(Cc2cccc(Br)c2)[C@H](Cc2ccccc2)C(=O)NC2CCCCC2)S(C)(=O)=O)cc1. The molecule has 3 aromatic rings. The summed E-state index contributed by atoms with van der Waals surface area (Å²) >= 11 is 3.54. The van der Waals surface area contributed by atoms with E-state index >= 15 is 0 Å². The van der Waals surface area contributed by atoms with Crippen LogP contribution < -0.4 is 9.62 Å². The number of nitrogens with zero attached hydrogens (tertiary/aromatic N) is 2. The number of carbonyl (C=O) groups excluding carboxylic acids is 2. The molecule has 44 heavy (non-hydrogen) atoms. The standard InChI is InChI=1S/C35H44BrN3O4S/c1-3-27-19-21-32(22-20-27)39(44(2,42)43)23-11-18-34(40)38(26-29-14-10-15-30(36)24-29)33(25-28-12-6-4-7-13-28)35(41)37-31-16-8-5-9-17-31/h4,6-7,10,12-15,19-22,24,31,33H,3,5,8-9,11,16-18,23,25-26H2,1-2H3,(H,37,41)/t33-/m1/s1. The highest BCUT2D eigenvalue weighted by Crippen LogP contribution is 2.23. The van der Waals surface area contributed by atoms with E-state index in [2.05, 4.69) is 28.2 Å². The molecule has 0 bridgehead atoms. The van der Waals surface area contributed by atoms with E-state index < -0.39 is 16.1 Å². The van der Waals surface area contributed by atoms with E-state index in [-0.39, 0.29) is 37.4 Å². The predicted molar refractivity (Wildman–Crippen MR) is 181 cm³/mol. The molecule has 1 aliphatic carbocycles. The molecule has 0 aliphatic heterocycles. The number of halogens is 1. The van der Waals surface area contributed by atoms with E-state index in [1.54, 1.807) is 4.90 Å². The van der Waals surface area contributed by atoms with Gasteiger partial charge in [0.05, 0.1) is 11.9 Å². The summed E-state index contributed by atoms with van der Waals surface area (Å²) in [6.45, 7) is 2.48. The molecule has 2 amide bonds. The second-order valence-electron chi connectivity index (χ2n) is 11.7. The molecule has 1 fully saturated rings. The van der Waals surface area contributed by atoms with Gasteiger partial charge >= 0.3 is 0 Å². The van der Waals surface area contributed by atoms with Gasteiger partial charge in [0.15, 0.2) is 0 Å². The zero-order valence-corrected chi connectivity index (χ0v) is 28.2. The number of aryl methyl sites for hydroxylation is 1. The van der Waals surface area contributed by atoms with Crippen molar-refractivity contribution < 1.29 is 18.0 Å². The number of benzene rings is 3. The van der Waals surface area contributed by atoms with Crippen molar-refractivity contribution >= 4 is 43.5 Å². The Morgan fingerprint density at radius 3 is 2.23 bits per heavy atom. The van der Waals surface area contributed by atoms with Crippen molar-refractivity contribution in [2.45, 2.75) is 83.3 Å². The van der Waals surface area contributed by atoms with E-state index in [4.69, 9.17) is 0 Å². The minimum Gasteiger partial charge on any atom is -0.352 e. The molecule has 0 saturated heterocycles. The Morgan fingerprint density at radius 2 is 1.59 bits per heavy atom. The Balaban J connectivity index is 1.58. The van der Waals surface area contributed by atoms with Crippen LogP contribution in [-0.4, -0.2) is 50.0 Å². The average molecular weight is 683 g/mol.